The summed E-state index contributed by atoms with van der Waals surface area (Å²) in [7, 11) is 0. The molecule has 2 aliphatic rings. The zero-order valence-electron chi connectivity index (χ0n) is 12.5. The minimum Gasteiger partial charge on any atom is -0.376 e. The van der Waals surface area contributed by atoms with Gasteiger partial charge in [-0.05, 0) is 37.8 Å². The second-order valence-electron chi connectivity index (χ2n) is 5.88. The lowest BCUT2D eigenvalue weighted by atomic mass is 9.97. The number of carbonyl (C=O) groups excluding carboxylic acids is 1. The second kappa shape index (κ2) is 7.24. The van der Waals surface area contributed by atoms with Crippen LogP contribution in [0.3, 0.4) is 0 Å². The first kappa shape index (κ1) is 15.5. The maximum absolute atomic E-state index is 12.3. The van der Waals surface area contributed by atoms with Crippen molar-refractivity contribution in [3.05, 3.63) is 17.3 Å². The number of halogens is 1. The molecular weight excluding hydrogens is 304 g/mol. The fourth-order valence-electron chi connectivity index (χ4n) is 3.04. The summed E-state index contributed by atoms with van der Waals surface area (Å²) < 4.78 is 5.54. The summed E-state index contributed by atoms with van der Waals surface area (Å²) in [6.07, 6.45) is 4.20. The van der Waals surface area contributed by atoms with Gasteiger partial charge in [-0.3, -0.25) is 4.79 Å². The first-order valence-electron chi connectivity index (χ1n) is 7.86. The highest BCUT2D eigenvalue weighted by molar-refractivity contribution is 6.29. The van der Waals surface area contributed by atoms with Gasteiger partial charge in [-0.15, -0.1) is 10.2 Å². The van der Waals surface area contributed by atoms with E-state index in [0.717, 1.165) is 44.7 Å². The Kier molecular flexibility index (Phi) is 5.10. The SMILES string of the molecule is O=C(NC[C@H]1CCCO1)[C@H]1CCCN(c2ccc(Cl)nn2)C1. The molecule has 0 spiro atoms. The van der Waals surface area contributed by atoms with E-state index in [-0.39, 0.29) is 17.9 Å². The third-order valence-electron chi connectivity index (χ3n) is 4.26. The van der Waals surface area contributed by atoms with Crippen molar-refractivity contribution < 1.29 is 9.53 Å². The highest BCUT2D eigenvalue weighted by Crippen LogP contribution is 2.22. The quantitative estimate of drug-likeness (QED) is 0.912. The molecule has 0 saturated carbocycles. The molecule has 2 atom stereocenters. The van der Waals surface area contributed by atoms with Crippen LogP contribution in [-0.2, 0) is 9.53 Å². The number of carbonyl (C=O) groups is 1. The van der Waals surface area contributed by atoms with Crippen molar-refractivity contribution in [3.8, 4) is 0 Å². The molecule has 0 unspecified atom stereocenters. The molecule has 0 bridgehead atoms. The van der Waals surface area contributed by atoms with E-state index in [2.05, 4.69) is 20.4 Å². The van der Waals surface area contributed by atoms with Crippen LogP contribution in [0.1, 0.15) is 25.7 Å². The van der Waals surface area contributed by atoms with Crippen LogP contribution >= 0.6 is 11.6 Å². The maximum atomic E-state index is 12.3. The zero-order chi connectivity index (χ0) is 15.4. The first-order valence-corrected chi connectivity index (χ1v) is 8.23. The third kappa shape index (κ3) is 3.87. The molecule has 1 aromatic heterocycles. The number of amides is 1. The molecule has 120 valence electrons. The fourth-order valence-corrected chi connectivity index (χ4v) is 3.14. The number of aromatic nitrogens is 2. The lowest BCUT2D eigenvalue weighted by Crippen LogP contribution is -2.45. The van der Waals surface area contributed by atoms with Crippen LogP contribution in [0.15, 0.2) is 12.1 Å². The Morgan fingerprint density at radius 3 is 3.00 bits per heavy atom. The van der Waals surface area contributed by atoms with Gasteiger partial charge in [0.1, 0.15) is 0 Å². The largest absolute Gasteiger partial charge is 0.376 e. The Hall–Kier alpha value is -1.40. The molecule has 0 radical (unpaired) electrons. The fraction of sp³-hybridized carbons (Fsp3) is 0.667. The predicted octanol–water partition coefficient (Wildman–Crippen LogP) is 1.64. The highest BCUT2D eigenvalue weighted by atomic mass is 35.5. The van der Waals surface area contributed by atoms with Gasteiger partial charge in [0.25, 0.3) is 0 Å². The summed E-state index contributed by atoms with van der Waals surface area (Å²) in [4.78, 5) is 14.4. The Morgan fingerprint density at radius 1 is 1.36 bits per heavy atom. The van der Waals surface area contributed by atoms with E-state index in [1.165, 1.54) is 0 Å². The van der Waals surface area contributed by atoms with Crippen molar-refractivity contribution in [1.29, 1.82) is 0 Å². The number of nitrogens with one attached hydrogen (secondary N) is 1. The van der Waals surface area contributed by atoms with Crippen LogP contribution in [0.5, 0.6) is 0 Å². The topological polar surface area (TPSA) is 67.3 Å². The number of rotatable bonds is 4. The van der Waals surface area contributed by atoms with Gasteiger partial charge in [0.05, 0.1) is 12.0 Å². The van der Waals surface area contributed by atoms with E-state index >= 15 is 0 Å². The van der Waals surface area contributed by atoms with Crippen molar-refractivity contribution in [2.45, 2.75) is 31.8 Å². The molecule has 6 nitrogen and oxygen atoms in total. The molecule has 7 heteroatoms. The van der Waals surface area contributed by atoms with Gasteiger partial charge in [-0.2, -0.15) is 0 Å². The Labute approximate surface area is 135 Å². The van der Waals surface area contributed by atoms with Gasteiger partial charge >= 0.3 is 0 Å². The lowest BCUT2D eigenvalue weighted by Gasteiger charge is -2.32. The number of hydrogen-bond donors (Lipinski definition) is 1. The van der Waals surface area contributed by atoms with Gasteiger partial charge in [0, 0.05) is 26.2 Å². The van der Waals surface area contributed by atoms with Crippen molar-refractivity contribution in [3.63, 3.8) is 0 Å². The smallest absolute Gasteiger partial charge is 0.224 e. The molecular formula is C15H21ClN4O2. The highest BCUT2D eigenvalue weighted by Gasteiger charge is 2.27. The van der Waals surface area contributed by atoms with E-state index < -0.39 is 0 Å². The molecule has 1 N–H and O–H groups in total. The summed E-state index contributed by atoms with van der Waals surface area (Å²) in [6, 6.07) is 3.58. The van der Waals surface area contributed by atoms with Crippen LogP contribution in [0.2, 0.25) is 5.15 Å². The number of nitrogens with zero attached hydrogens (tertiary/aromatic N) is 3. The molecule has 0 aromatic carbocycles. The van der Waals surface area contributed by atoms with Crippen LogP contribution in [0.25, 0.3) is 0 Å². The van der Waals surface area contributed by atoms with Crippen LogP contribution in [0, 0.1) is 5.92 Å². The predicted molar refractivity (Wildman–Crippen MR) is 84.0 cm³/mol. The van der Waals surface area contributed by atoms with E-state index in [1.54, 1.807) is 6.07 Å². The van der Waals surface area contributed by atoms with E-state index in [1.807, 2.05) is 6.07 Å². The average Bonchev–Trinajstić information content (AvgIpc) is 3.07. The summed E-state index contributed by atoms with van der Waals surface area (Å²) in [6.45, 7) is 3.00. The molecule has 3 rings (SSSR count). The van der Waals surface area contributed by atoms with Gasteiger partial charge in [-0.1, -0.05) is 11.6 Å². The first-order chi connectivity index (χ1) is 10.7. The molecule has 2 aliphatic heterocycles. The molecule has 2 saturated heterocycles. The molecule has 1 amide bonds. The Balaban J connectivity index is 1.53. The van der Waals surface area contributed by atoms with Crippen molar-refractivity contribution in [2.75, 3.05) is 31.1 Å². The van der Waals surface area contributed by atoms with Gasteiger partial charge < -0.3 is 15.0 Å². The zero-order valence-corrected chi connectivity index (χ0v) is 13.3. The van der Waals surface area contributed by atoms with Crippen molar-refractivity contribution >= 4 is 23.3 Å². The number of hydrogen-bond acceptors (Lipinski definition) is 5. The maximum Gasteiger partial charge on any atom is 0.224 e. The second-order valence-corrected chi connectivity index (χ2v) is 6.27. The van der Waals surface area contributed by atoms with Crippen molar-refractivity contribution in [2.24, 2.45) is 5.92 Å². The molecule has 1 aromatic rings. The summed E-state index contributed by atoms with van der Waals surface area (Å²) in [5, 5.41) is 11.4. The van der Waals surface area contributed by atoms with Gasteiger partial charge in [0.15, 0.2) is 11.0 Å². The molecule has 3 heterocycles. The Bertz CT molecular complexity index is 505. The lowest BCUT2D eigenvalue weighted by molar-refractivity contribution is -0.125. The minimum atomic E-state index is -0.00682. The van der Waals surface area contributed by atoms with Crippen LogP contribution in [-0.4, -0.2) is 48.4 Å². The van der Waals surface area contributed by atoms with Crippen molar-refractivity contribution in [1.82, 2.24) is 15.5 Å². The normalized spacial score (nSPS) is 25.2. The summed E-state index contributed by atoms with van der Waals surface area (Å²) in [5.41, 5.74) is 0. The average molecular weight is 325 g/mol. The van der Waals surface area contributed by atoms with E-state index in [0.29, 0.717) is 18.2 Å². The summed E-state index contributed by atoms with van der Waals surface area (Å²) in [5.74, 6) is 0.885. The summed E-state index contributed by atoms with van der Waals surface area (Å²) >= 11 is 5.77. The van der Waals surface area contributed by atoms with E-state index in [9.17, 15) is 4.79 Å². The number of anilines is 1. The molecule has 0 aliphatic carbocycles. The standard InChI is InChI=1S/C15H21ClN4O2/c16-13-5-6-14(19-18-13)20-7-1-3-11(10-20)15(21)17-9-12-4-2-8-22-12/h5-6,11-12H,1-4,7-10H2,(H,17,21)/t11-,12+/m0/s1. The number of piperidine rings is 1. The monoisotopic (exact) mass is 324 g/mol. The van der Waals surface area contributed by atoms with Crippen LogP contribution in [0.4, 0.5) is 5.82 Å². The number of ether oxygens (including phenoxy) is 1. The molecule has 22 heavy (non-hydrogen) atoms. The van der Waals surface area contributed by atoms with Crippen LogP contribution < -0.4 is 10.2 Å². The third-order valence-corrected chi connectivity index (χ3v) is 4.46. The van der Waals surface area contributed by atoms with Gasteiger partial charge in [0.2, 0.25) is 5.91 Å². The van der Waals surface area contributed by atoms with Gasteiger partial charge in [-0.25, -0.2) is 0 Å². The molecule has 2 fully saturated rings. The van der Waals surface area contributed by atoms with E-state index in [4.69, 9.17) is 16.3 Å². The Morgan fingerprint density at radius 2 is 2.27 bits per heavy atom. The minimum absolute atomic E-state index is 0.00682.